The van der Waals surface area contributed by atoms with Gasteiger partial charge in [0.1, 0.15) is 6.61 Å². The Morgan fingerprint density at radius 1 is 1.41 bits per heavy atom. The van der Waals surface area contributed by atoms with E-state index in [4.69, 9.17) is 4.74 Å². The third-order valence-corrected chi connectivity index (χ3v) is 4.21. The highest BCUT2D eigenvalue weighted by atomic mass is 127. The molecule has 92 valence electrons. The molecule has 4 heteroatoms. The van der Waals surface area contributed by atoms with E-state index in [0.29, 0.717) is 12.5 Å². The maximum atomic E-state index is 11.8. The normalized spacial score (nSPS) is 19.4. The summed E-state index contributed by atoms with van der Waals surface area (Å²) in [6.45, 7) is 2.04. The average molecular weight is 345 g/mol. The van der Waals surface area contributed by atoms with Crippen molar-refractivity contribution >= 4 is 28.7 Å². The SMILES string of the molecule is O=C(OCc1ccccc1)N1CCC(CI)C1. The summed E-state index contributed by atoms with van der Waals surface area (Å²) in [5.41, 5.74) is 1.03. The van der Waals surface area contributed by atoms with E-state index in [-0.39, 0.29) is 6.09 Å². The number of hydrogen-bond acceptors (Lipinski definition) is 2. The molecule has 1 saturated heterocycles. The Balaban J connectivity index is 1.78. The number of nitrogens with zero attached hydrogens (tertiary/aromatic N) is 1. The van der Waals surface area contributed by atoms with Crippen LogP contribution in [0.4, 0.5) is 4.79 Å². The van der Waals surface area contributed by atoms with Crippen molar-refractivity contribution in [3.63, 3.8) is 0 Å². The van der Waals surface area contributed by atoms with E-state index in [9.17, 15) is 4.79 Å². The van der Waals surface area contributed by atoms with Crippen molar-refractivity contribution < 1.29 is 9.53 Å². The van der Waals surface area contributed by atoms with Gasteiger partial charge in [-0.05, 0) is 17.9 Å². The fraction of sp³-hybridized carbons (Fsp3) is 0.462. The van der Waals surface area contributed by atoms with Gasteiger partial charge in [-0.15, -0.1) is 0 Å². The summed E-state index contributed by atoms with van der Waals surface area (Å²) in [5.74, 6) is 0.639. The van der Waals surface area contributed by atoms with E-state index in [1.807, 2.05) is 35.2 Å². The molecule has 17 heavy (non-hydrogen) atoms. The third-order valence-electron chi connectivity index (χ3n) is 2.97. The lowest BCUT2D eigenvalue weighted by Crippen LogP contribution is -2.29. The molecule has 0 radical (unpaired) electrons. The number of hydrogen-bond donors (Lipinski definition) is 0. The highest BCUT2D eigenvalue weighted by Gasteiger charge is 2.26. The largest absolute Gasteiger partial charge is 0.445 e. The van der Waals surface area contributed by atoms with Gasteiger partial charge in [0.2, 0.25) is 0 Å². The molecule has 0 bridgehead atoms. The first-order valence-corrected chi connectivity index (χ1v) is 7.33. The standard InChI is InChI=1S/C13H16INO2/c14-8-12-6-7-15(9-12)13(16)17-10-11-4-2-1-3-5-11/h1-5,12H,6-10H2. The van der Waals surface area contributed by atoms with Crippen LogP contribution in [0.3, 0.4) is 0 Å². The first-order chi connectivity index (χ1) is 8.29. The molecule has 1 unspecified atom stereocenters. The maximum Gasteiger partial charge on any atom is 0.410 e. The van der Waals surface area contributed by atoms with E-state index in [2.05, 4.69) is 22.6 Å². The second-order valence-electron chi connectivity index (χ2n) is 4.30. The fourth-order valence-corrected chi connectivity index (χ4v) is 2.65. The van der Waals surface area contributed by atoms with Crippen molar-refractivity contribution in [3.8, 4) is 0 Å². The molecule has 1 heterocycles. The Morgan fingerprint density at radius 3 is 2.82 bits per heavy atom. The summed E-state index contributed by atoms with van der Waals surface area (Å²) < 4.78 is 6.40. The van der Waals surface area contributed by atoms with E-state index in [0.717, 1.165) is 29.5 Å². The molecule has 2 rings (SSSR count). The molecule has 0 spiro atoms. The van der Waals surface area contributed by atoms with Crippen molar-refractivity contribution in [1.29, 1.82) is 0 Å². The van der Waals surface area contributed by atoms with Crippen LogP contribution in [0.5, 0.6) is 0 Å². The molecule has 1 aromatic carbocycles. The van der Waals surface area contributed by atoms with Crippen molar-refractivity contribution in [2.24, 2.45) is 5.92 Å². The summed E-state index contributed by atoms with van der Waals surface area (Å²) in [5, 5.41) is 0. The van der Waals surface area contributed by atoms with Crippen molar-refractivity contribution in [2.45, 2.75) is 13.0 Å². The molecule has 0 aromatic heterocycles. The van der Waals surface area contributed by atoms with Crippen LogP contribution >= 0.6 is 22.6 Å². The van der Waals surface area contributed by atoms with Gasteiger partial charge in [0.05, 0.1) is 0 Å². The van der Waals surface area contributed by atoms with Gasteiger partial charge in [-0.2, -0.15) is 0 Å². The van der Waals surface area contributed by atoms with Crippen molar-refractivity contribution in [3.05, 3.63) is 35.9 Å². The van der Waals surface area contributed by atoms with Crippen LogP contribution in [0, 0.1) is 5.92 Å². The zero-order valence-electron chi connectivity index (χ0n) is 9.64. The number of halogens is 1. The van der Waals surface area contributed by atoms with Crippen LogP contribution in [-0.4, -0.2) is 28.5 Å². The zero-order chi connectivity index (χ0) is 12.1. The summed E-state index contributed by atoms with van der Waals surface area (Å²) >= 11 is 2.37. The number of benzene rings is 1. The second-order valence-corrected chi connectivity index (χ2v) is 5.18. The summed E-state index contributed by atoms with van der Waals surface area (Å²) in [7, 11) is 0. The first kappa shape index (κ1) is 12.7. The molecule has 1 atom stereocenters. The number of ether oxygens (including phenoxy) is 1. The minimum atomic E-state index is -0.179. The predicted molar refractivity (Wildman–Crippen MR) is 75.2 cm³/mol. The lowest BCUT2D eigenvalue weighted by atomic mass is 10.2. The van der Waals surface area contributed by atoms with Gasteiger partial charge in [0.15, 0.2) is 0 Å². The third kappa shape index (κ3) is 3.59. The van der Waals surface area contributed by atoms with Crippen LogP contribution < -0.4 is 0 Å². The Hall–Kier alpha value is -0.780. The van der Waals surface area contributed by atoms with Gasteiger partial charge >= 0.3 is 6.09 Å². The summed E-state index contributed by atoms with van der Waals surface area (Å²) in [6, 6.07) is 9.78. The molecule has 1 aromatic rings. The fourth-order valence-electron chi connectivity index (χ4n) is 1.94. The minimum Gasteiger partial charge on any atom is -0.445 e. The van der Waals surface area contributed by atoms with Gasteiger partial charge in [-0.1, -0.05) is 52.9 Å². The highest BCUT2D eigenvalue weighted by Crippen LogP contribution is 2.19. The number of alkyl halides is 1. The highest BCUT2D eigenvalue weighted by molar-refractivity contribution is 14.1. The Kier molecular flexibility index (Phi) is 4.65. The summed E-state index contributed by atoms with van der Waals surface area (Å²) in [6.07, 6.45) is 0.921. The van der Waals surface area contributed by atoms with Crippen LogP contribution in [0.25, 0.3) is 0 Å². The lowest BCUT2D eigenvalue weighted by Gasteiger charge is -2.15. The predicted octanol–water partition coefficient (Wildman–Crippen LogP) is 3.08. The number of likely N-dealkylation sites (tertiary alicyclic amines) is 1. The maximum absolute atomic E-state index is 11.8. The van der Waals surface area contributed by atoms with Crippen LogP contribution in [0.2, 0.25) is 0 Å². The lowest BCUT2D eigenvalue weighted by molar-refractivity contribution is 0.103. The number of amides is 1. The molecular weight excluding hydrogens is 329 g/mol. The second kappa shape index (κ2) is 6.23. The molecule has 0 saturated carbocycles. The Labute approximate surface area is 115 Å². The van der Waals surface area contributed by atoms with Gasteiger partial charge in [0.25, 0.3) is 0 Å². The average Bonchev–Trinajstić information content (AvgIpc) is 2.86. The molecule has 0 aliphatic carbocycles. The van der Waals surface area contributed by atoms with Crippen molar-refractivity contribution in [1.82, 2.24) is 4.90 Å². The quantitative estimate of drug-likeness (QED) is 0.623. The van der Waals surface area contributed by atoms with Gasteiger partial charge in [-0.25, -0.2) is 4.79 Å². The molecular formula is C13H16INO2. The molecule has 1 aliphatic rings. The van der Waals surface area contributed by atoms with Crippen molar-refractivity contribution in [2.75, 3.05) is 17.5 Å². The van der Waals surface area contributed by atoms with Gasteiger partial charge in [0, 0.05) is 17.5 Å². The monoisotopic (exact) mass is 345 g/mol. The van der Waals surface area contributed by atoms with Crippen LogP contribution in [0.1, 0.15) is 12.0 Å². The summed E-state index contributed by atoms with van der Waals surface area (Å²) in [4.78, 5) is 13.6. The topological polar surface area (TPSA) is 29.5 Å². The number of rotatable bonds is 3. The van der Waals surface area contributed by atoms with Crippen LogP contribution in [-0.2, 0) is 11.3 Å². The van der Waals surface area contributed by atoms with E-state index < -0.39 is 0 Å². The minimum absolute atomic E-state index is 0.179. The van der Waals surface area contributed by atoms with Gasteiger partial charge < -0.3 is 9.64 Å². The Bertz CT molecular complexity index is 369. The molecule has 1 amide bonds. The number of carbonyl (C=O) groups excluding carboxylic acids is 1. The smallest absolute Gasteiger partial charge is 0.410 e. The Morgan fingerprint density at radius 2 is 2.18 bits per heavy atom. The van der Waals surface area contributed by atoms with E-state index in [1.54, 1.807) is 0 Å². The molecule has 3 nitrogen and oxygen atoms in total. The zero-order valence-corrected chi connectivity index (χ0v) is 11.8. The van der Waals surface area contributed by atoms with E-state index >= 15 is 0 Å². The van der Waals surface area contributed by atoms with Crippen LogP contribution in [0.15, 0.2) is 30.3 Å². The first-order valence-electron chi connectivity index (χ1n) is 5.81. The molecule has 1 aliphatic heterocycles. The number of carbonyl (C=O) groups is 1. The van der Waals surface area contributed by atoms with Gasteiger partial charge in [-0.3, -0.25) is 0 Å². The van der Waals surface area contributed by atoms with E-state index in [1.165, 1.54) is 0 Å². The molecule has 0 N–H and O–H groups in total. The molecule has 1 fully saturated rings.